The molecule has 3 heteroatoms. The molecule has 0 saturated carbocycles. The highest BCUT2D eigenvalue weighted by atomic mass is 16.5. The molecule has 0 aromatic heterocycles. The van der Waals surface area contributed by atoms with E-state index in [0.29, 0.717) is 24.5 Å². The second kappa shape index (κ2) is 6.84. The highest BCUT2D eigenvalue weighted by Gasteiger charge is 2.06. The Kier molecular flexibility index (Phi) is 5.40. The molecule has 1 rings (SSSR count). The molecule has 0 unspecified atom stereocenters. The van der Waals surface area contributed by atoms with E-state index < -0.39 is 0 Å². The number of ether oxygens (including phenoxy) is 1. The Bertz CT molecular complexity index is 385. The van der Waals surface area contributed by atoms with Gasteiger partial charge in [-0.3, -0.25) is 4.79 Å². The smallest absolute Gasteiger partial charge is 0.279 e. The van der Waals surface area contributed by atoms with Crippen molar-refractivity contribution < 1.29 is 9.53 Å². The third-order valence-electron chi connectivity index (χ3n) is 2.30. The molecular formula is C14H19NO2. The summed E-state index contributed by atoms with van der Waals surface area (Å²) in [6.07, 6.45) is 1.62. The van der Waals surface area contributed by atoms with Gasteiger partial charge in [0.15, 0.2) is 5.90 Å². The Morgan fingerprint density at radius 2 is 1.88 bits per heavy atom. The van der Waals surface area contributed by atoms with Gasteiger partial charge in [-0.2, -0.15) is 4.99 Å². The summed E-state index contributed by atoms with van der Waals surface area (Å²) in [5.41, 5.74) is 1.73. The number of aryl methyl sites for hydroxylation is 1. The molecule has 0 spiro atoms. The summed E-state index contributed by atoms with van der Waals surface area (Å²) in [5, 5.41) is 0. The van der Waals surface area contributed by atoms with E-state index in [9.17, 15) is 4.79 Å². The minimum atomic E-state index is -0.234. The van der Waals surface area contributed by atoms with Crippen molar-refractivity contribution in [3.05, 3.63) is 35.4 Å². The Labute approximate surface area is 103 Å². The third-order valence-corrected chi connectivity index (χ3v) is 2.30. The predicted molar refractivity (Wildman–Crippen MR) is 69.5 cm³/mol. The summed E-state index contributed by atoms with van der Waals surface area (Å²) in [5.74, 6) is 0.294. The van der Waals surface area contributed by atoms with Crippen molar-refractivity contribution >= 4 is 11.8 Å². The number of rotatable bonds is 4. The molecule has 92 valence electrons. The lowest BCUT2D eigenvalue weighted by Gasteiger charge is -2.05. The number of nitrogens with zero attached hydrogens (tertiary/aromatic N) is 1. The van der Waals surface area contributed by atoms with Crippen LogP contribution in [0, 0.1) is 6.92 Å². The first-order valence-electron chi connectivity index (χ1n) is 5.98. The van der Waals surface area contributed by atoms with Gasteiger partial charge in [0.2, 0.25) is 0 Å². The number of carbonyl (C=O) groups excluding carboxylic acids is 1. The van der Waals surface area contributed by atoms with Crippen molar-refractivity contribution in [1.82, 2.24) is 0 Å². The topological polar surface area (TPSA) is 38.7 Å². The molecule has 17 heavy (non-hydrogen) atoms. The highest BCUT2D eigenvalue weighted by molar-refractivity contribution is 6.01. The maximum atomic E-state index is 11.8. The molecule has 0 bridgehead atoms. The van der Waals surface area contributed by atoms with E-state index in [1.165, 1.54) is 0 Å². The average Bonchev–Trinajstić information content (AvgIpc) is 2.30. The number of amides is 1. The first-order chi connectivity index (χ1) is 8.17. The maximum absolute atomic E-state index is 11.8. The number of carbonyl (C=O) groups is 1. The van der Waals surface area contributed by atoms with Crippen LogP contribution >= 0.6 is 0 Å². The van der Waals surface area contributed by atoms with E-state index in [0.717, 1.165) is 12.0 Å². The van der Waals surface area contributed by atoms with Crippen molar-refractivity contribution in [3.8, 4) is 0 Å². The monoisotopic (exact) mass is 233 g/mol. The first kappa shape index (κ1) is 13.4. The molecule has 1 amide bonds. The predicted octanol–water partition coefficient (Wildman–Crippen LogP) is 3.37. The molecule has 0 aliphatic rings. The van der Waals surface area contributed by atoms with E-state index >= 15 is 0 Å². The molecule has 1 aromatic carbocycles. The van der Waals surface area contributed by atoms with Crippen LogP contribution in [0.4, 0.5) is 0 Å². The second-order valence-corrected chi connectivity index (χ2v) is 3.86. The van der Waals surface area contributed by atoms with Gasteiger partial charge in [0, 0.05) is 12.0 Å². The fourth-order valence-corrected chi connectivity index (χ4v) is 1.41. The fraction of sp³-hybridized carbons (Fsp3) is 0.429. The van der Waals surface area contributed by atoms with E-state index in [2.05, 4.69) is 4.99 Å². The molecule has 0 atom stereocenters. The lowest BCUT2D eigenvalue weighted by atomic mass is 10.1. The number of hydrogen-bond donors (Lipinski definition) is 0. The van der Waals surface area contributed by atoms with Crippen molar-refractivity contribution in [2.24, 2.45) is 4.99 Å². The van der Waals surface area contributed by atoms with Crippen molar-refractivity contribution in [1.29, 1.82) is 0 Å². The van der Waals surface area contributed by atoms with Gasteiger partial charge in [0.1, 0.15) is 0 Å². The standard InChI is InChI=1S/C14H19NO2/c1-4-6-13(17-5-2)15-14(16)12-9-7-11(3)8-10-12/h7-10H,4-6H2,1-3H3. The van der Waals surface area contributed by atoms with Crippen LogP contribution in [-0.4, -0.2) is 18.4 Å². The van der Waals surface area contributed by atoms with Gasteiger partial charge in [0.25, 0.3) is 5.91 Å². The molecule has 3 nitrogen and oxygen atoms in total. The van der Waals surface area contributed by atoms with Crippen LogP contribution in [0.5, 0.6) is 0 Å². The molecule has 1 aromatic rings. The zero-order chi connectivity index (χ0) is 12.7. The van der Waals surface area contributed by atoms with Crippen LogP contribution in [0.3, 0.4) is 0 Å². The van der Waals surface area contributed by atoms with Crippen LogP contribution in [0.1, 0.15) is 42.6 Å². The Hall–Kier alpha value is -1.64. The van der Waals surface area contributed by atoms with Gasteiger partial charge in [0.05, 0.1) is 6.61 Å². The molecule has 0 fully saturated rings. The molecule has 0 heterocycles. The molecule has 0 aliphatic carbocycles. The van der Waals surface area contributed by atoms with Crippen LogP contribution in [0.15, 0.2) is 29.3 Å². The van der Waals surface area contributed by atoms with Crippen LogP contribution in [0.2, 0.25) is 0 Å². The number of hydrogen-bond acceptors (Lipinski definition) is 2. The minimum Gasteiger partial charge on any atom is -0.481 e. The highest BCUT2D eigenvalue weighted by Crippen LogP contribution is 2.06. The zero-order valence-electron chi connectivity index (χ0n) is 10.7. The average molecular weight is 233 g/mol. The van der Waals surface area contributed by atoms with Gasteiger partial charge in [-0.25, -0.2) is 0 Å². The first-order valence-corrected chi connectivity index (χ1v) is 5.98. The summed E-state index contributed by atoms with van der Waals surface area (Å²) >= 11 is 0. The van der Waals surface area contributed by atoms with Crippen LogP contribution < -0.4 is 0 Å². The Morgan fingerprint density at radius 1 is 1.24 bits per heavy atom. The lowest BCUT2D eigenvalue weighted by molar-refractivity contribution is 0.0998. The van der Waals surface area contributed by atoms with Crippen molar-refractivity contribution in [3.63, 3.8) is 0 Å². The quantitative estimate of drug-likeness (QED) is 0.590. The van der Waals surface area contributed by atoms with E-state index in [-0.39, 0.29) is 5.91 Å². The minimum absolute atomic E-state index is 0.234. The third kappa shape index (κ3) is 4.39. The van der Waals surface area contributed by atoms with E-state index in [4.69, 9.17) is 4.74 Å². The summed E-state index contributed by atoms with van der Waals surface area (Å²) in [7, 11) is 0. The largest absolute Gasteiger partial charge is 0.481 e. The second-order valence-electron chi connectivity index (χ2n) is 3.86. The number of benzene rings is 1. The zero-order valence-corrected chi connectivity index (χ0v) is 10.7. The Morgan fingerprint density at radius 3 is 2.41 bits per heavy atom. The lowest BCUT2D eigenvalue weighted by Crippen LogP contribution is -2.08. The summed E-state index contributed by atoms with van der Waals surface area (Å²) < 4.78 is 5.33. The van der Waals surface area contributed by atoms with Crippen LogP contribution in [0.25, 0.3) is 0 Å². The maximum Gasteiger partial charge on any atom is 0.279 e. The van der Waals surface area contributed by atoms with Crippen molar-refractivity contribution in [2.75, 3.05) is 6.61 Å². The van der Waals surface area contributed by atoms with Gasteiger partial charge in [-0.05, 0) is 32.4 Å². The van der Waals surface area contributed by atoms with E-state index in [1.54, 1.807) is 12.1 Å². The van der Waals surface area contributed by atoms with Gasteiger partial charge >= 0.3 is 0 Å². The molecule has 0 radical (unpaired) electrons. The SMILES string of the molecule is CCCC(=NC(=O)c1ccc(C)cc1)OCC. The summed E-state index contributed by atoms with van der Waals surface area (Å²) in [6, 6.07) is 7.39. The van der Waals surface area contributed by atoms with Gasteiger partial charge < -0.3 is 4.74 Å². The van der Waals surface area contributed by atoms with Crippen LogP contribution in [-0.2, 0) is 4.74 Å². The molecule has 0 N–H and O–H groups in total. The Balaban J connectivity index is 2.80. The number of aliphatic imine (C=N–C) groups is 1. The normalized spacial score (nSPS) is 11.4. The van der Waals surface area contributed by atoms with Crippen molar-refractivity contribution in [2.45, 2.75) is 33.6 Å². The fourth-order valence-electron chi connectivity index (χ4n) is 1.41. The van der Waals surface area contributed by atoms with Gasteiger partial charge in [-0.15, -0.1) is 0 Å². The molecular weight excluding hydrogens is 214 g/mol. The van der Waals surface area contributed by atoms with E-state index in [1.807, 2.05) is 32.9 Å². The molecule has 0 saturated heterocycles. The summed E-state index contributed by atoms with van der Waals surface area (Å²) in [6.45, 7) is 6.45. The molecule has 0 aliphatic heterocycles. The summed E-state index contributed by atoms with van der Waals surface area (Å²) in [4.78, 5) is 15.9. The van der Waals surface area contributed by atoms with Gasteiger partial charge in [-0.1, -0.05) is 24.6 Å².